The minimum absolute atomic E-state index is 0.503. The van der Waals surface area contributed by atoms with Gasteiger partial charge in [-0.2, -0.15) is 5.26 Å². The number of nitrogens with one attached hydrogen (secondary N) is 1. The van der Waals surface area contributed by atoms with Gasteiger partial charge in [-0.25, -0.2) is 0 Å². The van der Waals surface area contributed by atoms with Crippen molar-refractivity contribution >= 4 is 17.1 Å². The molecular weight excluding hydrogens is 238 g/mol. The molecule has 0 aliphatic heterocycles. The summed E-state index contributed by atoms with van der Waals surface area (Å²) in [7, 11) is 1.62. The van der Waals surface area contributed by atoms with E-state index in [2.05, 4.69) is 11.4 Å². The molecule has 4 heteroatoms. The monoisotopic (exact) mass is 253 g/mol. The summed E-state index contributed by atoms with van der Waals surface area (Å²) in [6.45, 7) is 2.00. The van der Waals surface area contributed by atoms with Gasteiger partial charge in [-0.15, -0.1) is 0 Å². The van der Waals surface area contributed by atoms with Crippen LogP contribution in [0, 0.1) is 18.3 Å². The third-order valence-corrected chi connectivity index (χ3v) is 2.79. The number of hydrogen-bond donors (Lipinski definition) is 2. The Bertz CT molecular complexity index is 644. The van der Waals surface area contributed by atoms with E-state index in [0.29, 0.717) is 16.9 Å². The molecule has 4 nitrogen and oxygen atoms in total. The second-order valence-corrected chi connectivity index (χ2v) is 4.25. The van der Waals surface area contributed by atoms with E-state index < -0.39 is 0 Å². The highest BCUT2D eigenvalue weighted by Crippen LogP contribution is 2.30. The van der Waals surface area contributed by atoms with Gasteiger partial charge in [0.05, 0.1) is 24.0 Å². The van der Waals surface area contributed by atoms with Crippen molar-refractivity contribution in [3.8, 4) is 11.8 Å². The lowest BCUT2D eigenvalue weighted by Crippen LogP contribution is -1.98. The fourth-order valence-electron chi connectivity index (χ4n) is 1.83. The molecule has 0 bridgehead atoms. The highest BCUT2D eigenvalue weighted by molar-refractivity contribution is 5.73. The van der Waals surface area contributed by atoms with E-state index in [0.717, 1.165) is 17.0 Å². The summed E-state index contributed by atoms with van der Waals surface area (Å²) in [6.07, 6.45) is 0. The van der Waals surface area contributed by atoms with Crippen molar-refractivity contribution in [1.29, 1.82) is 5.26 Å². The predicted molar refractivity (Wildman–Crippen MR) is 76.6 cm³/mol. The van der Waals surface area contributed by atoms with Gasteiger partial charge in [-0.3, -0.25) is 0 Å². The summed E-state index contributed by atoms with van der Waals surface area (Å²) in [4.78, 5) is 0. The van der Waals surface area contributed by atoms with Crippen molar-refractivity contribution < 1.29 is 4.74 Å². The summed E-state index contributed by atoms with van der Waals surface area (Å²) in [5.74, 6) is 0.728. The molecule has 0 aromatic heterocycles. The molecule has 0 atom stereocenters. The largest absolute Gasteiger partial charge is 0.495 e. The first kappa shape index (κ1) is 12.8. The molecule has 19 heavy (non-hydrogen) atoms. The Morgan fingerprint density at radius 2 is 1.95 bits per heavy atom. The number of nitrogen functional groups attached to an aromatic ring is 1. The zero-order valence-electron chi connectivity index (χ0n) is 10.9. The van der Waals surface area contributed by atoms with Gasteiger partial charge < -0.3 is 15.8 Å². The number of hydrogen-bond acceptors (Lipinski definition) is 4. The first-order valence-electron chi connectivity index (χ1n) is 5.85. The minimum atomic E-state index is 0.503. The molecule has 2 aromatic carbocycles. The number of aryl methyl sites for hydroxylation is 1. The third kappa shape index (κ3) is 2.78. The fraction of sp³-hybridized carbons (Fsp3) is 0.133. The minimum Gasteiger partial charge on any atom is -0.495 e. The van der Waals surface area contributed by atoms with Gasteiger partial charge in [-0.1, -0.05) is 6.07 Å². The molecule has 0 heterocycles. The Kier molecular flexibility index (Phi) is 3.58. The fourth-order valence-corrected chi connectivity index (χ4v) is 1.83. The summed E-state index contributed by atoms with van der Waals surface area (Å²) in [5, 5.41) is 12.3. The molecule has 0 radical (unpaired) electrons. The lowest BCUT2D eigenvalue weighted by Gasteiger charge is -2.13. The SMILES string of the molecule is COc1ccc(C)cc1Nc1ccc(N)cc1C#N. The van der Waals surface area contributed by atoms with Crippen LogP contribution >= 0.6 is 0 Å². The Hall–Kier alpha value is -2.67. The van der Waals surface area contributed by atoms with E-state index in [9.17, 15) is 0 Å². The third-order valence-electron chi connectivity index (χ3n) is 2.79. The molecule has 3 N–H and O–H groups in total. The second kappa shape index (κ2) is 5.32. The zero-order chi connectivity index (χ0) is 13.8. The van der Waals surface area contributed by atoms with E-state index in [1.54, 1.807) is 25.3 Å². The molecule has 0 unspecified atom stereocenters. The molecule has 0 amide bonds. The van der Waals surface area contributed by atoms with Gasteiger partial charge in [0.1, 0.15) is 11.8 Å². The smallest absolute Gasteiger partial charge is 0.142 e. The standard InChI is InChI=1S/C15H15N3O/c1-10-3-6-15(19-2)14(7-10)18-13-5-4-12(17)8-11(13)9-16/h3-8,18H,17H2,1-2H3. The van der Waals surface area contributed by atoms with Crippen LogP contribution in [0.5, 0.6) is 5.75 Å². The predicted octanol–water partition coefficient (Wildman–Crippen LogP) is 3.20. The van der Waals surface area contributed by atoms with Gasteiger partial charge in [0.25, 0.3) is 0 Å². The van der Waals surface area contributed by atoms with E-state index >= 15 is 0 Å². The van der Waals surface area contributed by atoms with Crippen LogP contribution in [-0.4, -0.2) is 7.11 Å². The van der Waals surface area contributed by atoms with Crippen LogP contribution in [0.2, 0.25) is 0 Å². The Morgan fingerprint density at radius 3 is 2.63 bits per heavy atom. The number of methoxy groups -OCH3 is 1. The molecule has 0 fully saturated rings. The van der Waals surface area contributed by atoms with Crippen molar-refractivity contribution in [3.05, 3.63) is 47.5 Å². The molecule has 0 aliphatic rings. The summed E-state index contributed by atoms with van der Waals surface area (Å²) < 4.78 is 5.30. The summed E-state index contributed by atoms with van der Waals surface area (Å²) in [6, 6.07) is 13.1. The maximum Gasteiger partial charge on any atom is 0.142 e. The number of rotatable bonds is 3. The Balaban J connectivity index is 2.41. The molecule has 0 spiro atoms. The van der Waals surface area contributed by atoms with Gasteiger partial charge in [0.2, 0.25) is 0 Å². The molecule has 0 saturated carbocycles. The van der Waals surface area contributed by atoms with Crippen LogP contribution in [-0.2, 0) is 0 Å². The van der Waals surface area contributed by atoms with Crippen LogP contribution in [0.4, 0.5) is 17.1 Å². The number of benzene rings is 2. The number of anilines is 3. The average molecular weight is 253 g/mol. The van der Waals surface area contributed by atoms with E-state index in [4.69, 9.17) is 15.7 Å². The molecule has 96 valence electrons. The van der Waals surface area contributed by atoms with E-state index in [-0.39, 0.29) is 0 Å². The topological polar surface area (TPSA) is 71.1 Å². The molecule has 2 rings (SSSR count). The van der Waals surface area contributed by atoms with Crippen molar-refractivity contribution in [2.24, 2.45) is 0 Å². The maximum absolute atomic E-state index is 9.13. The lowest BCUT2D eigenvalue weighted by atomic mass is 10.1. The van der Waals surface area contributed by atoms with Crippen LogP contribution in [0.25, 0.3) is 0 Å². The normalized spacial score (nSPS) is 9.74. The molecular formula is C15H15N3O. The van der Waals surface area contributed by atoms with Gasteiger partial charge in [-0.05, 0) is 42.8 Å². The van der Waals surface area contributed by atoms with Crippen molar-refractivity contribution in [2.45, 2.75) is 6.92 Å². The summed E-state index contributed by atoms with van der Waals surface area (Å²) >= 11 is 0. The molecule has 0 saturated heterocycles. The van der Waals surface area contributed by atoms with Crippen LogP contribution in [0.3, 0.4) is 0 Å². The van der Waals surface area contributed by atoms with Crippen LogP contribution in [0.1, 0.15) is 11.1 Å². The number of nitrogens with zero attached hydrogens (tertiary/aromatic N) is 1. The van der Waals surface area contributed by atoms with Crippen LogP contribution < -0.4 is 15.8 Å². The lowest BCUT2D eigenvalue weighted by molar-refractivity contribution is 0.416. The average Bonchev–Trinajstić information content (AvgIpc) is 2.41. The number of ether oxygens (including phenoxy) is 1. The number of nitriles is 1. The molecule has 0 aliphatic carbocycles. The van der Waals surface area contributed by atoms with Crippen molar-refractivity contribution in [3.63, 3.8) is 0 Å². The van der Waals surface area contributed by atoms with E-state index in [1.165, 1.54) is 0 Å². The zero-order valence-corrected chi connectivity index (χ0v) is 10.9. The Morgan fingerprint density at radius 1 is 1.16 bits per heavy atom. The highest BCUT2D eigenvalue weighted by atomic mass is 16.5. The highest BCUT2D eigenvalue weighted by Gasteiger charge is 2.07. The first-order chi connectivity index (χ1) is 9.13. The quantitative estimate of drug-likeness (QED) is 0.824. The van der Waals surface area contributed by atoms with Gasteiger partial charge in [0.15, 0.2) is 0 Å². The molecule has 2 aromatic rings. The Labute approximate surface area is 112 Å². The summed E-state index contributed by atoms with van der Waals surface area (Å²) in [5.41, 5.74) is 9.38. The number of nitrogens with two attached hydrogens (primary N) is 1. The van der Waals surface area contributed by atoms with Crippen LogP contribution in [0.15, 0.2) is 36.4 Å². The van der Waals surface area contributed by atoms with Gasteiger partial charge in [0, 0.05) is 5.69 Å². The van der Waals surface area contributed by atoms with Gasteiger partial charge >= 0.3 is 0 Å². The van der Waals surface area contributed by atoms with Crippen molar-refractivity contribution in [1.82, 2.24) is 0 Å². The first-order valence-corrected chi connectivity index (χ1v) is 5.85. The maximum atomic E-state index is 9.13. The van der Waals surface area contributed by atoms with E-state index in [1.807, 2.05) is 25.1 Å². The second-order valence-electron chi connectivity index (χ2n) is 4.25. The van der Waals surface area contributed by atoms with Crippen molar-refractivity contribution in [2.75, 3.05) is 18.2 Å².